The first-order valence-corrected chi connectivity index (χ1v) is 8.00. The van der Waals surface area contributed by atoms with Crippen molar-refractivity contribution in [1.29, 1.82) is 0 Å². The third-order valence-corrected chi connectivity index (χ3v) is 4.48. The molecular weight excluding hydrogens is 361 g/mol. The van der Waals surface area contributed by atoms with Crippen molar-refractivity contribution in [3.63, 3.8) is 0 Å². The van der Waals surface area contributed by atoms with Crippen molar-refractivity contribution in [1.82, 2.24) is 19.7 Å². The summed E-state index contributed by atoms with van der Waals surface area (Å²) in [5, 5.41) is 4.41. The Hall–Kier alpha value is -1.63. The van der Waals surface area contributed by atoms with E-state index in [4.69, 9.17) is 5.73 Å². The van der Waals surface area contributed by atoms with E-state index < -0.39 is 0 Å². The molecule has 6 nitrogen and oxygen atoms in total. The van der Waals surface area contributed by atoms with E-state index in [2.05, 4.69) is 17.0 Å². The van der Waals surface area contributed by atoms with Crippen LogP contribution in [0.4, 0.5) is 0 Å². The lowest BCUT2D eigenvalue weighted by atomic mass is 10.1. The van der Waals surface area contributed by atoms with Gasteiger partial charge in [0.1, 0.15) is 0 Å². The lowest BCUT2D eigenvalue weighted by molar-refractivity contribution is 0.0743. The second kappa shape index (κ2) is 8.65. The number of carbonyl (C=O) groups is 1. The average Bonchev–Trinajstić information content (AvgIpc) is 3.08. The Balaban J connectivity index is 0.00000156. The smallest absolute Gasteiger partial charge is 0.255 e. The maximum Gasteiger partial charge on any atom is 0.255 e. The summed E-state index contributed by atoms with van der Waals surface area (Å²) >= 11 is 0. The minimum atomic E-state index is 0. The molecule has 0 bridgehead atoms. The number of aromatic nitrogens is 3. The van der Waals surface area contributed by atoms with Gasteiger partial charge < -0.3 is 10.6 Å². The van der Waals surface area contributed by atoms with Crippen LogP contribution in [0.25, 0.3) is 5.82 Å². The Bertz CT molecular complexity index is 716. The fourth-order valence-electron chi connectivity index (χ4n) is 3.26. The van der Waals surface area contributed by atoms with Gasteiger partial charge in [-0.3, -0.25) is 4.79 Å². The van der Waals surface area contributed by atoms with E-state index in [1.165, 1.54) is 0 Å². The first-order valence-electron chi connectivity index (χ1n) is 8.00. The SMILES string of the molecule is Cc1cc(C)n(-c2ccc(C(=O)N3CC(CN)CC3C)cn2)n1.Cl.Cl. The van der Waals surface area contributed by atoms with Gasteiger partial charge in [-0.05, 0) is 57.9 Å². The molecule has 1 aliphatic heterocycles. The number of pyridine rings is 1. The lowest BCUT2D eigenvalue weighted by Crippen LogP contribution is -2.34. The standard InChI is InChI=1S/C17H23N5O.2ClH/c1-11-6-13(3)22(20-11)16-5-4-15(9-19-16)17(23)21-10-14(8-18)7-12(21)2;;/h4-6,9,12,14H,7-8,10,18H2,1-3H3;2*1H. The minimum Gasteiger partial charge on any atom is -0.336 e. The third kappa shape index (κ3) is 4.32. The first kappa shape index (κ1) is 21.4. The van der Waals surface area contributed by atoms with Crippen molar-refractivity contribution in [3.05, 3.63) is 41.3 Å². The number of aryl methyl sites for hydroxylation is 2. The summed E-state index contributed by atoms with van der Waals surface area (Å²) < 4.78 is 1.78. The van der Waals surface area contributed by atoms with Gasteiger partial charge in [-0.15, -0.1) is 24.8 Å². The minimum absolute atomic E-state index is 0. The highest BCUT2D eigenvalue weighted by atomic mass is 35.5. The van der Waals surface area contributed by atoms with E-state index in [1.54, 1.807) is 10.9 Å². The Kier molecular flexibility index (Phi) is 7.41. The van der Waals surface area contributed by atoms with Crippen LogP contribution in [0, 0.1) is 19.8 Å². The van der Waals surface area contributed by atoms with Gasteiger partial charge in [0.2, 0.25) is 0 Å². The van der Waals surface area contributed by atoms with Crippen LogP contribution in [-0.2, 0) is 0 Å². The molecule has 0 aromatic carbocycles. The zero-order valence-electron chi connectivity index (χ0n) is 14.7. The van der Waals surface area contributed by atoms with Crippen LogP contribution in [0.15, 0.2) is 24.4 Å². The topological polar surface area (TPSA) is 77.0 Å². The number of nitrogens with zero attached hydrogens (tertiary/aromatic N) is 4. The number of hydrogen-bond acceptors (Lipinski definition) is 4. The summed E-state index contributed by atoms with van der Waals surface area (Å²) in [6.07, 6.45) is 2.61. The van der Waals surface area contributed by atoms with Crippen LogP contribution < -0.4 is 5.73 Å². The summed E-state index contributed by atoms with van der Waals surface area (Å²) in [5.74, 6) is 1.15. The number of carbonyl (C=O) groups excluding carboxylic acids is 1. The highest BCUT2D eigenvalue weighted by molar-refractivity contribution is 5.94. The van der Waals surface area contributed by atoms with Crippen LogP contribution in [0.3, 0.4) is 0 Å². The third-order valence-electron chi connectivity index (χ3n) is 4.48. The number of halogens is 2. The zero-order chi connectivity index (χ0) is 16.6. The van der Waals surface area contributed by atoms with Gasteiger partial charge in [0.25, 0.3) is 5.91 Å². The number of rotatable bonds is 3. The fourth-order valence-corrected chi connectivity index (χ4v) is 3.26. The molecule has 3 rings (SSSR count). The number of amides is 1. The van der Waals surface area contributed by atoms with E-state index in [0.29, 0.717) is 18.0 Å². The maximum absolute atomic E-state index is 12.7. The van der Waals surface area contributed by atoms with Gasteiger partial charge in [0, 0.05) is 24.5 Å². The van der Waals surface area contributed by atoms with Gasteiger partial charge in [-0.25, -0.2) is 9.67 Å². The molecule has 2 N–H and O–H groups in total. The summed E-state index contributed by atoms with van der Waals surface area (Å²) in [7, 11) is 0. The molecule has 2 aromatic heterocycles. The molecule has 8 heteroatoms. The first-order chi connectivity index (χ1) is 11.0. The van der Waals surface area contributed by atoms with Gasteiger partial charge in [0.15, 0.2) is 5.82 Å². The molecule has 1 amide bonds. The lowest BCUT2D eigenvalue weighted by Gasteiger charge is -2.21. The van der Waals surface area contributed by atoms with Gasteiger partial charge >= 0.3 is 0 Å². The van der Waals surface area contributed by atoms with E-state index in [0.717, 1.165) is 30.2 Å². The van der Waals surface area contributed by atoms with Gasteiger partial charge in [-0.1, -0.05) is 0 Å². The summed E-state index contributed by atoms with van der Waals surface area (Å²) in [5.41, 5.74) is 8.32. The molecule has 1 fully saturated rings. The normalized spacial score (nSPS) is 19.3. The number of hydrogen-bond donors (Lipinski definition) is 1. The molecule has 0 saturated carbocycles. The van der Waals surface area contributed by atoms with Gasteiger partial charge in [-0.2, -0.15) is 5.10 Å². The molecule has 2 aromatic rings. The highest BCUT2D eigenvalue weighted by Gasteiger charge is 2.32. The Labute approximate surface area is 160 Å². The molecule has 0 spiro atoms. The van der Waals surface area contributed by atoms with Crippen LogP contribution in [0.5, 0.6) is 0 Å². The fraction of sp³-hybridized carbons (Fsp3) is 0.471. The molecular formula is C17H25Cl2N5O. The Morgan fingerprint density at radius 2 is 2.04 bits per heavy atom. The second-order valence-corrected chi connectivity index (χ2v) is 6.39. The Morgan fingerprint density at radius 3 is 2.52 bits per heavy atom. The summed E-state index contributed by atoms with van der Waals surface area (Å²) in [6, 6.07) is 5.89. The van der Waals surface area contributed by atoms with Crippen molar-refractivity contribution in [2.75, 3.05) is 13.1 Å². The van der Waals surface area contributed by atoms with Gasteiger partial charge in [0.05, 0.1) is 11.3 Å². The maximum atomic E-state index is 12.7. The summed E-state index contributed by atoms with van der Waals surface area (Å²) in [4.78, 5) is 19.0. The molecule has 2 unspecified atom stereocenters. The number of likely N-dealkylation sites (tertiary alicyclic amines) is 1. The molecule has 0 radical (unpaired) electrons. The average molecular weight is 386 g/mol. The quantitative estimate of drug-likeness (QED) is 0.880. The van der Waals surface area contributed by atoms with E-state index in [1.807, 2.05) is 36.9 Å². The summed E-state index contributed by atoms with van der Waals surface area (Å²) in [6.45, 7) is 7.37. The molecule has 0 aliphatic carbocycles. The predicted molar refractivity (Wildman–Crippen MR) is 103 cm³/mol. The monoisotopic (exact) mass is 385 g/mol. The predicted octanol–water partition coefficient (Wildman–Crippen LogP) is 2.54. The largest absolute Gasteiger partial charge is 0.336 e. The van der Waals surface area contributed by atoms with Crippen LogP contribution in [0.1, 0.15) is 35.1 Å². The van der Waals surface area contributed by atoms with Crippen LogP contribution in [0.2, 0.25) is 0 Å². The van der Waals surface area contributed by atoms with E-state index >= 15 is 0 Å². The molecule has 25 heavy (non-hydrogen) atoms. The van der Waals surface area contributed by atoms with Crippen molar-refractivity contribution < 1.29 is 4.79 Å². The Morgan fingerprint density at radius 1 is 1.32 bits per heavy atom. The second-order valence-electron chi connectivity index (χ2n) is 6.39. The zero-order valence-corrected chi connectivity index (χ0v) is 16.3. The van der Waals surface area contributed by atoms with Crippen LogP contribution in [-0.4, -0.2) is 44.7 Å². The molecule has 1 aliphatic rings. The molecule has 1 saturated heterocycles. The van der Waals surface area contributed by atoms with Crippen molar-refractivity contribution in [3.8, 4) is 5.82 Å². The van der Waals surface area contributed by atoms with Crippen molar-refractivity contribution in [2.45, 2.75) is 33.2 Å². The molecule has 3 heterocycles. The van der Waals surface area contributed by atoms with Crippen LogP contribution >= 0.6 is 24.8 Å². The highest BCUT2D eigenvalue weighted by Crippen LogP contribution is 2.24. The number of nitrogens with two attached hydrogens (primary N) is 1. The van der Waals surface area contributed by atoms with E-state index in [-0.39, 0.29) is 36.8 Å². The van der Waals surface area contributed by atoms with Crippen molar-refractivity contribution in [2.24, 2.45) is 11.7 Å². The molecule has 2 atom stereocenters. The van der Waals surface area contributed by atoms with Crippen molar-refractivity contribution >= 4 is 30.7 Å². The van der Waals surface area contributed by atoms with E-state index in [9.17, 15) is 4.79 Å². The molecule has 138 valence electrons.